The number of aromatic nitrogens is 1. The lowest BCUT2D eigenvalue weighted by atomic mass is 10.1. The molecule has 148 valence electrons. The molecule has 0 aliphatic rings. The maximum Gasteiger partial charge on any atom is 0.248 e. The fourth-order valence-corrected chi connectivity index (χ4v) is 3.28. The summed E-state index contributed by atoms with van der Waals surface area (Å²) in [7, 11) is 0. The molecule has 3 N–H and O–H groups in total. The topological polar surface area (TPSA) is 94.3 Å². The molecule has 0 aliphatic heterocycles. The summed E-state index contributed by atoms with van der Waals surface area (Å²) >= 11 is 1.60. The van der Waals surface area contributed by atoms with Gasteiger partial charge in [0.05, 0.1) is 10.7 Å². The van der Waals surface area contributed by atoms with Crippen molar-refractivity contribution in [2.45, 2.75) is 20.5 Å². The minimum atomic E-state index is -0.491. The van der Waals surface area contributed by atoms with Gasteiger partial charge in [0.25, 0.3) is 0 Å². The lowest BCUT2D eigenvalue weighted by Gasteiger charge is -2.06. The van der Waals surface area contributed by atoms with Gasteiger partial charge in [-0.1, -0.05) is 12.1 Å². The van der Waals surface area contributed by atoms with Crippen LogP contribution in [0, 0.1) is 13.8 Å². The summed E-state index contributed by atoms with van der Waals surface area (Å²) < 4.78 is 5.71. The molecule has 3 rings (SSSR count). The number of thiazole rings is 1. The van der Waals surface area contributed by atoms with E-state index in [1.165, 1.54) is 6.08 Å². The van der Waals surface area contributed by atoms with Crippen LogP contribution in [0.25, 0.3) is 6.08 Å². The monoisotopic (exact) mass is 407 g/mol. The SMILES string of the molecule is Cc1nc(COc2ccc(/C=C/C(=O)Nc3ccc(C(N)=O)c(C)c3)cc2)cs1. The smallest absolute Gasteiger partial charge is 0.248 e. The van der Waals surface area contributed by atoms with E-state index in [1.807, 2.05) is 36.6 Å². The van der Waals surface area contributed by atoms with Gasteiger partial charge in [-0.2, -0.15) is 0 Å². The quantitative estimate of drug-likeness (QED) is 0.577. The number of hydrogen-bond donors (Lipinski definition) is 2. The average molecular weight is 407 g/mol. The summed E-state index contributed by atoms with van der Waals surface area (Å²) in [4.78, 5) is 27.7. The first-order valence-electron chi connectivity index (χ1n) is 8.94. The standard InChI is InChI=1S/C22H21N3O3S/c1-14-11-17(6-9-20(14)22(23)27)25-21(26)10-5-16-3-7-19(8-4-16)28-12-18-13-29-15(2)24-18/h3-11,13H,12H2,1-2H3,(H2,23,27)(H,25,26)/b10-5+. The minimum Gasteiger partial charge on any atom is -0.487 e. The summed E-state index contributed by atoms with van der Waals surface area (Å²) in [5.74, 6) is -0.0212. The molecule has 0 saturated heterocycles. The first-order chi connectivity index (χ1) is 13.9. The van der Waals surface area contributed by atoms with Crippen LogP contribution < -0.4 is 15.8 Å². The fraction of sp³-hybridized carbons (Fsp3) is 0.136. The lowest BCUT2D eigenvalue weighted by Crippen LogP contribution is -2.13. The molecule has 0 unspecified atom stereocenters. The van der Waals surface area contributed by atoms with E-state index in [9.17, 15) is 9.59 Å². The van der Waals surface area contributed by atoms with Crippen molar-refractivity contribution in [2.24, 2.45) is 5.73 Å². The number of hydrogen-bond acceptors (Lipinski definition) is 5. The number of nitrogens with two attached hydrogens (primary N) is 1. The number of carbonyl (C=O) groups is 2. The number of carbonyl (C=O) groups excluding carboxylic acids is 2. The molecule has 0 aliphatic carbocycles. The van der Waals surface area contributed by atoms with Crippen LogP contribution in [0.1, 0.15) is 32.2 Å². The third-order valence-corrected chi connectivity index (χ3v) is 4.94. The molecule has 29 heavy (non-hydrogen) atoms. The summed E-state index contributed by atoms with van der Waals surface area (Å²) in [5, 5.41) is 5.76. The van der Waals surface area contributed by atoms with Crippen molar-refractivity contribution < 1.29 is 14.3 Å². The Morgan fingerprint density at radius 2 is 1.93 bits per heavy atom. The Hall–Kier alpha value is -3.45. The number of primary amides is 1. The summed E-state index contributed by atoms with van der Waals surface area (Å²) in [6.07, 6.45) is 3.17. The van der Waals surface area contributed by atoms with Gasteiger partial charge in [-0.25, -0.2) is 4.98 Å². The Kier molecular flexibility index (Phi) is 6.41. The van der Waals surface area contributed by atoms with E-state index in [2.05, 4.69) is 10.3 Å². The number of ether oxygens (including phenoxy) is 1. The van der Waals surface area contributed by atoms with Crippen LogP contribution in [0.2, 0.25) is 0 Å². The van der Waals surface area contributed by atoms with E-state index in [1.54, 1.807) is 42.5 Å². The van der Waals surface area contributed by atoms with E-state index >= 15 is 0 Å². The minimum absolute atomic E-state index is 0.268. The van der Waals surface area contributed by atoms with E-state index in [0.29, 0.717) is 23.4 Å². The van der Waals surface area contributed by atoms with Crippen molar-refractivity contribution in [1.82, 2.24) is 4.98 Å². The molecule has 0 saturated carbocycles. The summed E-state index contributed by atoms with van der Waals surface area (Å²) in [6, 6.07) is 12.4. The van der Waals surface area contributed by atoms with Gasteiger partial charge in [0.15, 0.2) is 0 Å². The second-order valence-corrected chi connectivity index (χ2v) is 7.49. The van der Waals surface area contributed by atoms with E-state index in [4.69, 9.17) is 10.5 Å². The van der Waals surface area contributed by atoms with Crippen LogP contribution in [0.4, 0.5) is 5.69 Å². The highest BCUT2D eigenvalue weighted by Crippen LogP contribution is 2.17. The number of nitrogens with one attached hydrogen (secondary N) is 1. The third kappa shape index (κ3) is 5.76. The normalized spacial score (nSPS) is 10.8. The van der Waals surface area contributed by atoms with Gasteiger partial charge < -0.3 is 15.8 Å². The molecule has 7 heteroatoms. The van der Waals surface area contributed by atoms with Gasteiger partial charge >= 0.3 is 0 Å². The predicted octanol–water partition coefficient (Wildman–Crippen LogP) is 4.09. The zero-order valence-electron chi connectivity index (χ0n) is 16.1. The molecule has 0 atom stereocenters. The van der Waals surface area contributed by atoms with Crippen LogP contribution in [0.3, 0.4) is 0 Å². The summed E-state index contributed by atoms with van der Waals surface area (Å²) in [6.45, 7) is 4.16. The summed E-state index contributed by atoms with van der Waals surface area (Å²) in [5.41, 5.74) is 8.82. The number of nitrogens with zero attached hydrogens (tertiary/aromatic N) is 1. The van der Waals surface area contributed by atoms with Crippen LogP contribution in [-0.4, -0.2) is 16.8 Å². The maximum absolute atomic E-state index is 12.1. The predicted molar refractivity (Wildman–Crippen MR) is 115 cm³/mol. The number of anilines is 1. The second-order valence-electron chi connectivity index (χ2n) is 6.43. The van der Waals surface area contributed by atoms with Crippen LogP contribution in [0.5, 0.6) is 5.75 Å². The van der Waals surface area contributed by atoms with Crippen molar-refractivity contribution in [2.75, 3.05) is 5.32 Å². The molecule has 0 fully saturated rings. The molecule has 1 aromatic heterocycles. The zero-order valence-corrected chi connectivity index (χ0v) is 17.0. The van der Waals surface area contributed by atoms with E-state index < -0.39 is 5.91 Å². The largest absolute Gasteiger partial charge is 0.487 e. The number of benzene rings is 2. The second kappa shape index (κ2) is 9.16. The van der Waals surface area contributed by atoms with Gasteiger partial charge in [-0.3, -0.25) is 9.59 Å². The van der Waals surface area contributed by atoms with Crippen molar-refractivity contribution in [3.05, 3.63) is 81.3 Å². The number of amides is 2. The number of aryl methyl sites for hydroxylation is 2. The fourth-order valence-electron chi connectivity index (χ4n) is 2.68. The Bertz CT molecular complexity index is 1060. The maximum atomic E-state index is 12.1. The molecule has 1 heterocycles. The Labute approximate surface area is 173 Å². The van der Waals surface area contributed by atoms with Gasteiger partial charge in [0, 0.05) is 22.7 Å². The molecule has 0 spiro atoms. The first-order valence-corrected chi connectivity index (χ1v) is 9.82. The van der Waals surface area contributed by atoms with Crippen LogP contribution in [-0.2, 0) is 11.4 Å². The van der Waals surface area contributed by atoms with Crippen molar-refractivity contribution >= 4 is 34.9 Å². The number of rotatable bonds is 7. The van der Waals surface area contributed by atoms with E-state index in [-0.39, 0.29) is 5.91 Å². The lowest BCUT2D eigenvalue weighted by molar-refractivity contribution is -0.111. The van der Waals surface area contributed by atoms with Gasteiger partial charge in [-0.05, 0) is 61.4 Å². The molecular formula is C22H21N3O3S. The van der Waals surface area contributed by atoms with Crippen molar-refractivity contribution in [3.8, 4) is 5.75 Å². The Morgan fingerprint density at radius 1 is 1.17 bits per heavy atom. The molecule has 2 aromatic carbocycles. The molecule has 0 radical (unpaired) electrons. The average Bonchev–Trinajstić information content (AvgIpc) is 3.10. The highest BCUT2D eigenvalue weighted by atomic mass is 32.1. The van der Waals surface area contributed by atoms with Gasteiger partial charge in [0.1, 0.15) is 12.4 Å². The van der Waals surface area contributed by atoms with Gasteiger partial charge in [-0.15, -0.1) is 11.3 Å². The first kappa shape index (κ1) is 20.3. The zero-order chi connectivity index (χ0) is 20.8. The molecule has 0 bridgehead atoms. The third-order valence-electron chi connectivity index (χ3n) is 4.12. The van der Waals surface area contributed by atoms with Crippen LogP contribution in [0.15, 0.2) is 53.9 Å². The van der Waals surface area contributed by atoms with E-state index in [0.717, 1.165) is 22.0 Å². The van der Waals surface area contributed by atoms with Crippen molar-refractivity contribution in [1.29, 1.82) is 0 Å². The highest BCUT2D eigenvalue weighted by Gasteiger charge is 2.06. The highest BCUT2D eigenvalue weighted by molar-refractivity contribution is 7.09. The Morgan fingerprint density at radius 3 is 2.55 bits per heavy atom. The molecular weight excluding hydrogens is 386 g/mol. The van der Waals surface area contributed by atoms with Gasteiger partial charge in [0.2, 0.25) is 11.8 Å². The molecule has 2 amide bonds. The molecule has 3 aromatic rings. The molecule has 6 nitrogen and oxygen atoms in total. The van der Waals surface area contributed by atoms with Crippen LogP contribution >= 0.6 is 11.3 Å². The Balaban J connectivity index is 1.54. The van der Waals surface area contributed by atoms with Crippen molar-refractivity contribution in [3.63, 3.8) is 0 Å².